The molecule has 1 atom stereocenters. The predicted octanol–water partition coefficient (Wildman–Crippen LogP) is 4.83. The van der Waals surface area contributed by atoms with E-state index < -0.39 is 18.4 Å². The summed E-state index contributed by atoms with van der Waals surface area (Å²) in [6, 6.07) is 13.4. The first kappa shape index (κ1) is 11.3. The van der Waals surface area contributed by atoms with Crippen LogP contribution in [0.4, 0.5) is 0 Å². The second-order valence-electron chi connectivity index (χ2n) is 6.00. The Hall–Kier alpha value is -0.761. The normalized spacial score (nSPS) is 18.6. The average Bonchev–Trinajstić information content (AvgIpc) is 2.28. The van der Waals surface area contributed by atoms with E-state index in [1.165, 1.54) is 16.3 Å². The first-order chi connectivity index (χ1) is 8.07. The second-order valence-corrected chi connectivity index (χ2v) is 21.3. The summed E-state index contributed by atoms with van der Waals surface area (Å²) in [5, 5.41) is 2.89. The van der Waals surface area contributed by atoms with Crippen LogP contribution in [-0.4, -0.2) is 18.4 Å². The van der Waals surface area contributed by atoms with Gasteiger partial charge in [0.05, 0.1) is 0 Å². The van der Waals surface area contributed by atoms with Gasteiger partial charge in [0, 0.05) is 0 Å². The summed E-state index contributed by atoms with van der Waals surface area (Å²) in [6.07, 6.45) is 4.79. The van der Waals surface area contributed by atoms with Gasteiger partial charge in [0.25, 0.3) is 0 Å². The monoisotopic (exact) mass is 330 g/mol. The van der Waals surface area contributed by atoms with Crippen LogP contribution in [0.25, 0.3) is 16.8 Å². The van der Waals surface area contributed by atoms with Crippen LogP contribution < -0.4 is 0 Å². The van der Waals surface area contributed by atoms with Crippen LogP contribution in [0.5, 0.6) is 0 Å². The molecule has 2 aromatic carbocycles. The molecule has 1 aliphatic rings. The van der Waals surface area contributed by atoms with Crippen molar-refractivity contribution >= 4 is 35.2 Å². The van der Waals surface area contributed by atoms with Gasteiger partial charge in [-0.3, -0.25) is 0 Å². The number of allylic oxidation sites excluding steroid dienone is 1. The van der Waals surface area contributed by atoms with Gasteiger partial charge in [0.15, 0.2) is 0 Å². The number of hydrogen-bond acceptors (Lipinski definition) is 0. The molecule has 0 saturated carbocycles. The molecule has 0 fully saturated rings. The first-order valence-corrected chi connectivity index (χ1v) is 16.5. The van der Waals surface area contributed by atoms with Crippen molar-refractivity contribution < 1.29 is 0 Å². The molecule has 0 aromatic heterocycles. The Balaban J connectivity index is 2.34. The Kier molecular flexibility index (Phi) is 2.58. The quantitative estimate of drug-likeness (QED) is 0.658. The molecule has 0 aliphatic heterocycles. The fourth-order valence-corrected chi connectivity index (χ4v) is 8.13. The molecule has 0 amide bonds. The summed E-state index contributed by atoms with van der Waals surface area (Å²) in [7, 11) is 0. The maximum absolute atomic E-state index is 2.52. The van der Waals surface area contributed by atoms with Crippen LogP contribution in [-0.2, 0) is 0 Å². The summed E-state index contributed by atoms with van der Waals surface area (Å²) in [5.74, 6) is 0. The Labute approximate surface area is 107 Å². The van der Waals surface area contributed by atoms with Gasteiger partial charge in [-0.15, -0.1) is 0 Å². The Morgan fingerprint density at radius 2 is 1.65 bits per heavy atom. The van der Waals surface area contributed by atoms with Gasteiger partial charge in [0.1, 0.15) is 0 Å². The van der Waals surface area contributed by atoms with Gasteiger partial charge in [-0.1, -0.05) is 0 Å². The Morgan fingerprint density at radius 1 is 0.941 bits per heavy atom. The van der Waals surface area contributed by atoms with Gasteiger partial charge in [0.2, 0.25) is 0 Å². The molecule has 0 radical (unpaired) electrons. The zero-order valence-corrected chi connectivity index (χ0v) is 13.6. The van der Waals surface area contributed by atoms with Gasteiger partial charge in [-0.2, -0.15) is 0 Å². The first-order valence-electron chi connectivity index (χ1n) is 6.27. The van der Waals surface area contributed by atoms with Crippen molar-refractivity contribution in [1.82, 2.24) is 0 Å². The van der Waals surface area contributed by atoms with E-state index in [0.29, 0.717) is 0 Å². The third-order valence-electron chi connectivity index (χ3n) is 3.71. The molecule has 2 aromatic rings. The fraction of sp³-hybridized carbons (Fsp3) is 0.250. The number of hydrogen-bond donors (Lipinski definition) is 0. The molecule has 17 heavy (non-hydrogen) atoms. The van der Waals surface area contributed by atoms with Gasteiger partial charge >= 0.3 is 108 Å². The third kappa shape index (κ3) is 1.83. The molecule has 0 N–H and O–H groups in total. The van der Waals surface area contributed by atoms with E-state index in [-0.39, 0.29) is 0 Å². The molecule has 1 unspecified atom stereocenters. The van der Waals surface area contributed by atoms with E-state index >= 15 is 0 Å². The molecular formula is C16H18Sn. The van der Waals surface area contributed by atoms with Crippen LogP contribution in [0.3, 0.4) is 0 Å². The second kappa shape index (κ2) is 3.87. The molecule has 0 heterocycles. The molecule has 0 nitrogen and oxygen atoms in total. The van der Waals surface area contributed by atoms with Crippen LogP contribution >= 0.6 is 0 Å². The molecular weight excluding hydrogens is 311 g/mol. The van der Waals surface area contributed by atoms with Crippen molar-refractivity contribution in [2.45, 2.75) is 18.8 Å². The van der Waals surface area contributed by atoms with Crippen LogP contribution in [0, 0.1) is 0 Å². The molecule has 1 heteroatoms. The van der Waals surface area contributed by atoms with Gasteiger partial charge in [-0.05, 0) is 0 Å². The standard InChI is InChI=1S/C13H9.3CH3.Sn/c1-4-10-6-2-8-12-9-3-7-11(5-1)13(10)12;;;;/h1-9H;3*1H3;. The molecule has 0 spiro atoms. The summed E-state index contributed by atoms with van der Waals surface area (Å²) in [4.78, 5) is 7.57. The summed E-state index contributed by atoms with van der Waals surface area (Å²) in [5.41, 5.74) is 2.97. The van der Waals surface area contributed by atoms with E-state index in [2.05, 4.69) is 63.4 Å². The van der Waals surface area contributed by atoms with E-state index in [1.807, 2.05) is 0 Å². The number of rotatable bonds is 1. The van der Waals surface area contributed by atoms with Crippen LogP contribution in [0.15, 0.2) is 42.5 Å². The molecule has 3 rings (SSSR count). The number of benzene rings is 2. The zero-order valence-electron chi connectivity index (χ0n) is 10.7. The van der Waals surface area contributed by atoms with Gasteiger partial charge < -0.3 is 0 Å². The van der Waals surface area contributed by atoms with Crippen LogP contribution in [0.2, 0.25) is 14.8 Å². The van der Waals surface area contributed by atoms with Crippen molar-refractivity contribution in [2.24, 2.45) is 0 Å². The van der Waals surface area contributed by atoms with Gasteiger partial charge in [-0.25, -0.2) is 0 Å². The van der Waals surface area contributed by atoms with Crippen molar-refractivity contribution in [3.63, 3.8) is 0 Å². The average molecular weight is 329 g/mol. The third-order valence-corrected chi connectivity index (χ3v) is 10.5. The summed E-state index contributed by atoms with van der Waals surface area (Å²) >= 11 is -1.94. The molecule has 86 valence electrons. The predicted molar refractivity (Wildman–Crippen MR) is 79.1 cm³/mol. The van der Waals surface area contributed by atoms with Crippen molar-refractivity contribution in [1.29, 1.82) is 0 Å². The maximum atomic E-state index is 2.52. The fourth-order valence-electron chi connectivity index (χ4n) is 2.86. The molecule has 1 aliphatic carbocycles. The van der Waals surface area contributed by atoms with E-state index in [4.69, 9.17) is 0 Å². The zero-order chi connectivity index (χ0) is 12.0. The summed E-state index contributed by atoms with van der Waals surface area (Å²) < 4.78 is 0.725. The van der Waals surface area contributed by atoms with E-state index in [9.17, 15) is 0 Å². The van der Waals surface area contributed by atoms with Crippen LogP contribution in [0.1, 0.15) is 15.1 Å². The SMILES string of the molecule is [CH3][Sn]([CH3])([CH3])[CH]1C=Cc2cccc3cccc1c23. The van der Waals surface area contributed by atoms with E-state index in [1.54, 1.807) is 5.56 Å². The topological polar surface area (TPSA) is 0 Å². The summed E-state index contributed by atoms with van der Waals surface area (Å²) in [6.45, 7) is 0. The van der Waals surface area contributed by atoms with E-state index in [0.717, 1.165) is 3.93 Å². The Morgan fingerprint density at radius 3 is 2.35 bits per heavy atom. The minimum absolute atomic E-state index is 0.725. The minimum atomic E-state index is -1.94. The van der Waals surface area contributed by atoms with Crippen molar-refractivity contribution in [3.8, 4) is 0 Å². The van der Waals surface area contributed by atoms with Crippen molar-refractivity contribution in [2.75, 3.05) is 0 Å². The van der Waals surface area contributed by atoms with Crippen molar-refractivity contribution in [3.05, 3.63) is 53.6 Å². The Bertz CT molecular complexity index is 597. The molecule has 0 saturated heterocycles. The molecule has 0 bridgehead atoms.